The van der Waals surface area contributed by atoms with E-state index in [4.69, 9.17) is 4.74 Å². The van der Waals surface area contributed by atoms with Crippen LogP contribution in [0.1, 0.15) is 0 Å². The first kappa shape index (κ1) is 8.07. The van der Waals surface area contributed by atoms with Gasteiger partial charge in [0.25, 0.3) is 0 Å². The minimum absolute atomic E-state index is 0.251. The second-order valence-electron chi connectivity index (χ2n) is 1.92. The average molecular weight is 172 g/mol. The summed E-state index contributed by atoms with van der Waals surface area (Å²) >= 11 is 0. The van der Waals surface area contributed by atoms with Crippen LogP contribution in [0.5, 0.6) is 5.75 Å². The minimum Gasteiger partial charge on any atom is -0.478 e. The Morgan fingerprint density at radius 3 is 2.36 bits per heavy atom. The van der Waals surface area contributed by atoms with Crippen molar-refractivity contribution in [1.82, 2.24) is 0 Å². The van der Waals surface area contributed by atoms with Gasteiger partial charge < -0.3 is 4.74 Å². The molecule has 0 aliphatic heterocycles. The summed E-state index contributed by atoms with van der Waals surface area (Å²) in [6.45, 7) is 0. The molecule has 4 heteroatoms. The third-order valence-electron chi connectivity index (χ3n) is 1.08. The van der Waals surface area contributed by atoms with E-state index in [0.717, 1.165) is 0 Å². The SMILES string of the molecule is O=[SH](=O)COc1ccccc1. The van der Waals surface area contributed by atoms with Gasteiger partial charge in [-0.3, -0.25) is 0 Å². The number of hydrogen-bond donors (Lipinski definition) is 1. The molecule has 0 saturated carbocycles. The van der Waals surface area contributed by atoms with Crippen LogP contribution in [0, 0.1) is 0 Å². The van der Waals surface area contributed by atoms with Crippen LogP contribution in [-0.4, -0.2) is 14.4 Å². The van der Waals surface area contributed by atoms with Crippen LogP contribution in [0.3, 0.4) is 0 Å². The minimum atomic E-state index is -2.45. The standard InChI is InChI=1S/C7H8O3S/c8-11(9)6-10-7-4-2-1-3-5-7/h1-5,11H,6H2. The lowest BCUT2D eigenvalue weighted by molar-refractivity contribution is 0.381. The van der Waals surface area contributed by atoms with Crippen molar-refractivity contribution in [3.05, 3.63) is 30.3 Å². The quantitative estimate of drug-likeness (QED) is 0.680. The van der Waals surface area contributed by atoms with E-state index in [0.29, 0.717) is 5.75 Å². The highest BCUT2D eigenvalue weighted by Gasteiger charge is 1.89. The summed E-state index contributed by atoms with van der Waals surface area (Å²) in [7, 11) is -2.45. The molecule has 11 heavy (non-hydrogen) atoms. The highest BCUT2D eigenvalue weighted by atomic mass is 32.2. The summed E-state index contributed by atoms with van der Waals surface area (Å²) in [6.07, 6.45) is 0. The van der Waals surface area contributed by atoms with Crippen molar-refractivity contribution in [2.24, 2.45) is 0 Å². The summed E-state index contributed by atoms with van der Waals surface area (Å²) < 4.78 is 25.0. The first-order valence-electron chi connectivity index (χ1n) is 3.08. The van der Waals surface area contributed by atoms with E-state index < -0.39 is 10.7 Å². The van der Waals surface area contributed by atoms with E-state index in [1.54, 1.807) is 24.3 Å². The van der Waals surface area contributed by atoms with Gasteiger partial charge in [-0.15, -0.1) is 0 Å². The summed E-state index contributed by atoms with van der Waals surface area (Å²) in [4.78, 5) is 0. The Morgan fingerprint density at radius 2 is 1.82 bits per heavy atom. The van der Waals surface area contributed by atoms with Crippen molar-refractivity contribution in [2.75, 3.05) is 5.94 Å². The van der Waals surface area contributed by atoms with Crippen molar-refractivity contribution >= 4 is 10.7 Å². The largest absolute Gasteiger partial charge is 0.478 e. The van der Waals surface area contributed by atoms with Crippen LogP contribution >= 0.6 is 0 Å². The van der Waals surface area contributed by atoms with Gasteiger partial charge in [-0.2, -0.15) is 0 Å². The number of benzene rings is 1. The molecule has 0 aliphatic rings. The predicted molar refractivity (Wildman–Crippen MR) is 42.3 cm³/mol. The number of thiol groups is 1. The van der Waals surface area contributed by atoms with Crippen LogP contribution in [0.2, 0.25) is 0 Å². The maximum atomic E-state index is 10.1. The molecule has 0 amide bonds. The molecule has 0 aliphatic carbocycles. The van der Waals surface area contributed by atoms with Crippen LogP contribution < -0.4 is 4.74 Å². The van der Waals surface area contributed by atoms with Gasteiger partial charge in [0, 0.05) is 0 Å². The highest BCUT2D eigenvalue weighted by Crippen LogP contribution is 2.07. The molecule has 0 spiro atoms. The third kappa shape index (κ3) is 3.04. The van der Waals surface area contributed by atoms with Crippen molar-refractivity contribution < 1.29 is 13.2 Å². The predicted octanol–water partition coefficient (Wildman–Crippen LogP) is 0.634. The second kappa shape index (κ2) is 3.98. The molecule has 0 aromatic heterocycles. The Labute approximate surface area is 66.6 Å². The molecule has 0 fully saturated rings. The first-order valence-corrected chi connectivity index (χ1v) is 4.45. The monoisotopic (exact) mass is 172 g/mol. The normalized spacial score (nSPS) is 9.91. The maximum Gasteiger partial charge on any atom is 0.186 e. The number of para-hydroxylation sites is 1. The summed E-state index contributed by atoms with van der Waals surface area (Å²) in [5.74, 6) is 0.325. The molecule has 0 radical (unpaired) electrons. The fourth-order valence-electron chi connectivity index (χ4n) is 0.644. The Morgan fingerprint density at radius 1 is 1.18 bits per heavy atom. The molecule has 0 atom stereocenters. The van der Waals surface area contributed by atoms with Crippen molar-refractivity contribution in [2.45, 2.75) is 0 Å². The Hall–Kier alpha value is -1.03. The van der Waals surface area contributed by atoms with E-state index >= 15 is 0 Å². The molecule has 0 saturated heterocycles. The van der Waals surface area contributed by atoms with E-state index in [1.165, 1.54) is 0 Å². The Balaban J connectivity index is 2.52. The van der Waals surface area contributed by atoms with Gasteiger partial charge in [-0.25, -0.2) is 8.42 Å². The van der Waals surface area contributed by atoms with Gasteiger partial charge in [-0.05, 0) is 12.1 Å². The smallest absolute Gasteiger partial charge is 0.186 e. The highest BCUT2D eigenvalue weighted by molar-refractivity contribution is 7.72. The summed E-state index contributed by atoms with van der Waals surface area (Å²) in [6, 6.07) is 8.82. The zero-order chi connectivity index (χ0) is 8.10. The number of rotatable bonds is 3. The van der Waals surface area contributed by atoms with Crippen LogP contribution in [-0.2, 0) is 10.7 Å². The molecule has 3 nitrogen and oxygen atoms in total. The molecular formula is C7H8O3S. The maximum absolute atomic E-state index is 10.1. The van der Waals surface area contributed by atoms with E-state index in [1.807, 2.05) is 6.07 Å². The molecular weight excluding hydrogens is 164 g/mol. The average Bonchev–Trinajstić information content (AvgIpc) is 2.03. The van der Waals surface area contributed by atoms with Crippen molar-refractivity contribution in [3.8, 4) is 5.75 Å². The molecule has 60 valence electrons. The molecule has 0 bridgehead atoms. The van der Waals surface area contributed by atoms with Crippen LogP contribution in [0.25, 0.3) is 0 Å². The van der Waals surface area contributed by atoms with E-state index in [-0.39, 0.29) is 5.94 Å². The first-order chi connectivity index (χ1) is 5.29. The third-order valence-corrected chi connectivity index (χ3v) is 1.42. The van der Waals surface area contributed by atoms with Gasteiger partial charge >= 0.3 is 0 Å². The summed E-state index contributed by atoms with van der Waals surface area (Å²) in [5, 5.41) is 0. The van der Waals surface area contributed by atoms with Crippen LogP contribution in [0.15, 0.2) is 30.3 Å². The molecule has 1 rings (SSSR count). The molecule has 0 unspecified atom stereocenters. The van der Waals surface area contributed by atoms with Gasteiger partial charge in [0.1, 0.15) is 5.75 Å². The Kier molecular flexibility index (Phi) is 2.92. The number of ether oxygens (including phenoxy) is 1. The van der Waals surface area contributed by atoms with Crippen molar-refractivity contribution in [3.63, 3.8) is 0 Å². The second-order valence-corrected chi connectivity index (χ2v) is 2.84. The topological polar surface area (TPSA) is 43.4 Å². The molecule has 1 aromatic rings. The number of hydrogen-bond acceptors (Lipinski definition) is 3. The summed E-state index contributed by atoms with van der Waals surface area (Å²) in [5.41, 5.74) is 0. The van der Waals surface area contributed by atoms with E-state index in [2.05, 4.69) is 0 Å². The fraction of sp³-hybridized carbons (Fsp3) is 0.143. The lowest BCUT2D eigenvalue weighted by Gasteiger charge is -1.98. The lowest BCUT2D eigenvalue weighted by atomic mass is 10.3. The molecule has 0 N–H and O–H groups in total. The molecule has 0 heterocycles. The molecule has 1 aromatic carbocycles. The zero-order valence-corrected chi connectivity index (χ0v) is 6.66. The van der Waals surface area contributed by atoms with Gasteiger partial charge in [-0.1, -0.05) is 18.2 Å². The zero-order valence-electron chi connectivity index (χ0n) is 5.77. The van der Waals surface area contributed by atoms with Crippen molar-refractivity contribution in [1.29, 1.82) is 0 Å². The van der Waals surface area contributed by atoms with E-state index in [9.17, 15) is 8.42 Å². The van der Waals surface area contributed by atoms with Gasteiger partial charge in [0.05, 0.1) is 0 Å². The van der Waals surface area contributed by atoms with Crippen LogP contribution in [0.4, 0.5) is 0 Å². The fourth-order valence-corrected chi connectivity index (χ4v) is 0.898. The van der Waals surface area contributed by atoms with Gasteiger partial charge in [0.15, 0.2) is 16.6 Å². The van der Waals surface area contributed by atoms with Gasteiger partial charge in [0.2, 0.25) is 0 Å². The lowest BCUT2D eigenvalue weighted by Crippen LogP contribution is -1.97. The Bertz CT molecular complexity index is 271.